The number of anilines is 3. The van der Waals surface area contributed by atoms with Gasteiger partial charge in [0.25, 0.3) is 0 Å². The van der Waals surface area contributed by atoms with Crippen LogP contribution in [-0.4, -0.2) is 47.4 Å². The summed E-state index contributed by atoms with van der Waals surface area (Å²) in [6.45, 7) is 0.325. The molecule has 0 aliphatic rings. The maximum Gasteiger partial charge on any atom is 0.225 e. The molecule has 0 bridgehead atoms. The van der Waals surface area contributed by atoms with Crippen molar-refractivity contribution >= 4 is 17.5 Å². The standard InChI is InChI=1S/C19H21N5O3/c1-26-14-9-13(10-15(11-14)27-2)22-18-12-17(16-5-3-4-6-20-16)23-19(24-18)21-7-8-25/h3-6,9-12,25H,7-8H2,1-2H3,(H2,21,22,23,24). The van der Waals surface area contributed by atoms with E-state index in [9.17, 15) is 0 Å². The Balaban J connectivity index is 1.96. The maximum atomic E-state index is 9.06. The van der Waals surface area contributed by atoms with Gasteiger partial charge in [0, 0.05) is 42.7 Å². The zero-order chi connectivity index (χ0) is 19.1. The third kappa shape index (κ3) is 4.83. The highest BCUT2D eigenvalue weighted by Gasteiger charge is 2.09. The first-order valence-corrected chi connectivity index (χ1v) is 8.37. The van der Waals surface area contributed by atoms with Crippen LogP contribution in [0.4, 0.5) is 17.5 Å². The first kappa shape index (κ1) is 18.4. The third-order valence-electron chi connectivity index (χ3n) is 3.67. The van der Waals surface area contributed by atoms with E-state index in [0.29, 0.717) is 35.5 Å². The van der Waals surface area contributed by atoms with E-state index in [1.165, 1.54) is 0 Å². The van der Waals surface area contributed by atoms with Gasteiger partial charge in [-0.15, -0.1) is 0 Å². The SMILES string of the molecule is COc1cc(Nc2cc(-c3ccccn3)nc(NCCO)n2)cc(OC)c1. The van der Waals surface area contributed by atoms with Crippen LogP contribution in [0.2, 0.25) is 0 Å². The predicted octanol–water partition coefficient (Wildman–Crippen LogP) is 2.70. The normalized spacial score (nSPS) is 10.3. The quantitative estimate of drug-likeness (QED) is 0.559. The molecule has 27 heavy (non-hydrogen) atoms. The van der Waals surface area contributed by atoms with E-state index in [2.05, 4.69) is 25.6 Å². The second kappa shape index (κ2) is 8.81. The fourth-order valence-electron chi connectivity index (χ4n) is 2.43. The van der Waals surface area contributed by atoms with E-state index < -0.39 is 0 Å². The third-order valence-corrected chi connectivity index (χ3v) is 3.67. The number of aliphatic hydroxyl groups excluding tert-OH is 1. The zero-order valence-electron chi connectivity index (χ0n) is 15.1. The molecule has 0 atom stereocenters. The molecule has 8 heteroatoms. The molecule has 0 aliphatic heterocycles. The van der Waals surface area contributed by atoms with Crippen LogP contribution >= 0.6 is 0 Å². The molecule has 3 rings (SSSR count). The van der Waals surface area contributed by atoms with Gasteiger partial charge in [-0.2, -0.15) is 4.98 Å². The Morgan fingerprint density at radius 2 is 1.74 bits per heavy atom. The molecule has 140 valence electrons. The molecule has 0 amide bonds. The summed E-state index contributed by atoms with van der Waals surface area (Å²) in [7, 11) is 3.19. The largest absolute Gasteiger partial charge is 0.497 e. The van der Waals surface area contributed by atoms with Gasteiger partial charge >= 0.3 is 0 Å². The predicted molar refractivity (Wildman–Crippen MR) is 104 cm³/mol. The molecule has 0 fully saturated rings. The summed E-state index contributed by atoms with van der Waals surface area (Å²) in [5.41, 5.74) is 2.13. The number of nitrogens with zero attached hydrogens (tertiary/aromatic N) is 3. The fraction of sp³-hybridized carbons (Fsp3) is 0.211. The van der Waals surface area contributed by atoms with Crippen molar-refractivity contribution in [2.75, 3.05) is 38.0 Å². The second-order valence-corrected chi connectivity index (χ2v) is 5.55. The maximum absolute atomic E-state index is 9.06. The van der Waals surface area contributed by atoms with E-state index in [-0.39, 0.29) is 6.61 Å². The van der Waals surface area contributed by atoms with Crippen LogP contribution in [0.1, 0.15) is 0 Å². The van der Waals surface area contributed by atoms with Gasteiger partial charge in [0.05, 0.1) is 32.2 Å². The van der Waals surface area contributed by atoms with Gasteiger partial charge in [-0.3, -0.25) is 4.98 Å². The first-order chi connectivity index (χ1) is 13.2. The Hall–Kier alpha value is -3.39. The highest BCUT2D eigenvalue weighted by molar-refractivity contribution is 5.67. The molecule has 3 N–H and O–H groups in total. The van der Waals surface area contributed by atoms with Gasteiger partial charge in [-0.1, -0.05) is 6.07 Å². The van der Waals surface area contributed by atoms with Gasteiger partial charge in [0.15, 0.2) is 0 Å². The lowest BCUT2D eigenvalue weighted by atomic mass is 10.2. The van der Waals surface area contributed by atoms with Crippen LogP contribution in [0.15, 0.2) is 48.7 Å². The lowest BCUT2D eigenvalue weighted by molar-refractivity contribution is 0.311. The average molecular weight is 367 g/mol. The summed E-state index contributed by atoms with van der Waals surface area (Å²) in [6, 6.07) is 12.9. The second-order valence-electron chi connectivity index (χ2n) is 5.55. The smallest absolute Gasteiger partial charge is 0.225 e. The van der Waals surface area contributed by atoms with E-state index in [1.807, 2.05) is 30.3 Å². The van der Waals surface area contributed by atoms with Gasteiger partial charge in [0.2, 0.25) is 5.95 Å². The van der Waals surface area contributed by atoms with Crippen LogP contribution < -0.4 is 20.1 Å². The Labute approximate surface area is 157 Å². The monoisotopic (exact) mass is 367 g/mol. The fourth-order valence-corrected chi connectivity index (χ4v) is 2.43. The molecule has 0 aliphatic carbocycles. The van der Waals surface area contributed by atoms with Crippen molar-refractivity contribution in [3.63, 3.8) is 0 Å². The van der Waals surface area contributed by atoms with E-state index >= 15 is 0 Å². The molecule has 8 nitrogen and oxygen atoms in total. The van der Waals surface area contributed by atoms with Gasteiger partial charge in [0.1, 0.15) is 17.3 Å². The summed E-state index contributed by atoms with van der Waals surface area (Å²) >= 11 is 0. The molecule has 3 aromatic rings. The molecule has 0 saturated carbocycles. The first-order valence-electron chi connectivity index (χ1n) is 8.37. The van der Waals surface area contributed by atoms with E-state index in [0.717, 1.165) is 11.4 Å². The van der Waals surface area contributed by atoms with Crippen molar-refractivity contribution in [1.82, 2.24) is 15.0 Å². The summed E-state index contributed by atoms with van der Waals surface area (Å²) in [5.74, 6) is 2.29. The molecular weight excluding hydrogens is 346 g/mol. The molecule has 0 spiro atoms. The summed E-state index contributed by atoms with van der Waals surface area (Å²) in [6.07, 6.45) is 1.71. The van der Waals surface area contributed by atoms with Crippen LogP contribution in [-0.2, 0) is 0 Å². The average Bonchev–Trinajstić information content (AvgIpc) is 2.72. The topological polar surface area (TPSA) is 101 Å². The lowest BCUT2D eigenvalue weighted by Crippen LogP contribution is -2.10. The minimum atomic E-state index is -0.0208. The number of hydrogen-bond acceptors (Lipinski definition) is 8. The zero-order valence-corrected chi connectivity index (χ0v) is 15.1. The molecule has 0 radical (unpaired) electrons. The Morgan fingerprint density at radius 1 is 0.963 bits per heavy atom. The summed E-state index contributed by atoms with van der Waals surface area (Å²) < 4.78 is 10.6. The number of aliphatic hydroxyl groups is 1. The van der Waals surface area contributed by atoms with Crippen molar-refractivity contribution in [3.05, 3.63) is 48.7 Å². The highest BCUT2D eigenvalue weighted by atomic mass is 16.5. The van der Waals surface area contributed by atoms with Gasteiger partial charge in [-0.25, -0.2) is 4.98 Å². The number of benzene rings is 1. The Kier molecular flexibility index (Phi) is 6.01. The van der Waals surface area contributed by atoms with E-state index in [4.69, 9.17) is 14.6 Å². The van der Waals surface area contributed by atoms with Crippen molar-refractivity contribution in [2.45, 2.75) is 0 Å². The molecule has 1 aromatic carbocycles. The minimum Gasteiger partial charge on any atom is -0.497 e. The minimum absolute atomic E-state index is 0.0208. The van der Waals surface area contributed by atoms with Crippen LogP contribution in [0, 0.1) is 0 Å². The number of rotatable bonds is 8. The van der Waals surface area contributed by atoms with E-state index in [1.54, 1.807) is 32.5 Å². The number of nitrogens with one attached hydrogen (secondary N) is 2. The van der Waals surface area contributed by atoms with Crippen molar-refractivity contribution in [3.8, 4) is 22.9 Å². The Bertz CT molecular complexity index is 868. The number of hydrogen-bond donors (Lipinski definition) is 3. The number of pyridine rings is 1. The molecule has 0 unspecified atom stereocenters. The molecule has 0 saturated heterocycles. The van der Waals surface area contributed by atoms with Crippen molar-refractivity contribution in [1.29, 1.82) is 0 Å². The summed E-state index contributed by atoms with van der Waals surface area (Å²) in [4.78, 5) is 13.3. The van der Waals surface area contributed by atoms with Gasteiger partial charge in [-0.05, 0) is 12.1 Å². The number of methoxy groups -OCH3 is 2. The number of aromatic nitrogens is 3. The van der Waals surface area contributed by atoms with Gasteiger partial charge < -0.3 is 25.2 Å². The van der Waals surface area contributed by atoms with Crippen LogP contribution in [0.25, 0.3) is 11.4 Å². The molecule has 2 heterocycles. The van der Waals surface area contributed by atoms with Crippen LogP contribution in [0.5, 0.6) is 11.5 Å². The van der Waals surface area contributed by atoms with Crippen LogP contribution in [0.3, 0.4) is 0 Å². The lowest BCUT2D eigenvalue weighted by Gasteiger charge is -2.12. The number of ether oxygens (including phenoxy) is 2. The molecule has 2 aromatic heterocycles. The summed E-state index contributed by atoms with van der Waals surface area (Å²) in [5, 5.41) is 15.3. The highest BCUT2D eigenvalue weighted by Crippen LogP contribution is 2.29. The molecular formula is C19H21N5O3. The Morgan fingerprint density at radius 3 is 2.37 bits per heavy atom. The van der Waals surface area contributed by atoms with Crippen molar-refractivity contribution < 1.29 is 14.6 Å². The van der Waals surface area contributed by atoms with Crippen molar-refractivity contribution in [2.24, 2.45) is 0 Å².